The first-order valence-corrected chi connectivity index (χ1v) is 6.18. The molecular weight excluding hydrogens is 263 g/mol. The van der Waals surface area contributed by atoms with Gasteiger partial charge in [0.1, 0.15) is 11.3 Å². The fourth-order valence-corrected chi connectivity index (χ4v) is 2.14. The summed E-state index contributed by atoms with van der Waals surface area (Å²) in [6, 6.07) is 14.1. The van der Waals surface area contributed by atoms with Crippen LogP contribution in [0, 0.1) is 5.82 Å². The summed E-state index contributed by atoms with van der Waals surface area (Å²) in [7, 11) is 0. The van der Waals surface area contributed by atoms with E-state index in [0.29, 0.717) is 10.5 Å². The minimum atomic E-state index is -0.333. The molecule has 1 N–H and O–H groups in total. The maximum Gasteiger partial charge on any atom is 0.149 e. The number of para-hydroxylation sites is 2. The first kappa shape index (κ1) is 11.9. The summed E-state index contributed by atoms with van der Waals surface area (Å²) >= 11 is 6.10. The summed E-state index contributed by atoms with van der Waals surface area (Å²) in [5, 5.41) is 4.54. The molecule has 0 unspecified atom stereocenters. The van der Waals surface area contributed by atoms with Crippen LogP contribution in [0.3, 0.4) is 0 Å². The average Bonchev–Trinajstić information content (AvgIpc) is 2.42. The minimum Gasteiger partial charge on any atom is -0.354 e. The van der Waals surface area contributed by atoms with Gasteiger partial charge in [0.2, 0.25) is 0 Å². The van der Waals surface area contributed by atoms with Crippen LogP contribution in [0.5, 0.6) is 0 Å². The van der Waals surface area contributed by atoms with Crippen LogP contribution in [0.2, 0.25) is 5.02 Å². The lowest BCUT2D eigenvalue weighted by molar-refractivity contribution is 0.637. The van der Waals surface area contributed by atoms with Crippen molar-refractivity contribution in [1.29, 1.82) is 0 Å². The third-order valence-electron chi connectivity index (χ3n) is 2.86. The molecular formula is C15H10ClFN2. The normalized spacial score (nSPS) is 10.6. The first-order chi connectivity index (χ1) is 9.25. The Kier molecular flexibility index (Phi) is 3.05. The maximum atomic E-state index is 13.7. The molecule has 0 radical (unpaired) electrons. The molecule has 0 amide bonds. The number of fused-ring (bicyclic) bond motifs is 1. The number of aromatic nitrogens is 1. The van der Waals surface area contributed by atoms with E-state index in [1.54, 1.807) is 24.4 Å². The quantitative estimate of drug-likeness (QED) is 0.727. The van der Waals surface area contributed by atoms with Crippen molar-refractivity contribution in [2.45, 2.75) is 0 Å². The fourth-order valence-electron chi connectivity index (χ4n) is 1.96. The molecule has 2 nitrogen and oxygen atoms in total. The topological polar surface area (TPSA) is 24.9 Å². The number of rotatable bonds is 2. The molecule has 0 atom stereocenters. The van der Waals surface area contributed by atoms with Gasteiger partial charge < -0.3 is 5.32 Å². The van der Waals surface area contributed by atoms with Crippen molar-refractivity contribution in [2.75, 3.05) is 5.32 Å². The highest BCUT2D eigenvalue weighted by atomic mass is 35.5. The predicted octanol–water partition coefficient (Wildman–Crippen LogP) is 4.77. The van der Waals surface area contributed by atoms with Crippen molar-refractivity contribution < 1.29 is 4.39 Å². The van der Waals surface area contributed by atoms with Crippen molar-refractivity contribution in [3.8, 4) is 0 Å². The van der Waals surface area contributed by atoms with Gasteiger partial charge in [0.25, 0.3) is 0 Å². The molecule has 0 saturated carbocycles. The molecule has 1 heterocycles. The van der Waals surface area contributed by atoms with Gasteiger partial charge in [-0.05, 0) is 24.3 Å². The maximum absolute atomic E-state index is 13.7. The van der Waals surface area contributed by atoms with Crippen molar-refractivity contribution in [3.63, 3.8) is 0 Å². The third-order valence-corrected chi connectivity index (χ3v) is 3.19. The Hall–Kier alpha value is -2.13. The molecule has 3 rings (SSSR count). The van der Waals surface area contributed by atoms with Crippen LogP contribution in [0.4, 0.5) is 15.8 Å². The summed E-state index contributed by atoms with van der Waals surface area (Å²) in [6.45, 7) is 0. The van der Waals surface area contributed by atoms with E-state index in [4.69, 9.17) is 11.6 Å². The zero-order valence-corrected chi connectivity index (χ0v) is 10.7. The van der Waals surface area contributed by atoms with Crippen LogP contribution in [0.25, 0.3) is 10.9 Å². The second-order valence-corrected chi connectivity index (χ2v) is 4.51. The monoisotopic (exact) mass is 272 g/mol. The molecule has 4 heteroatoms. The summed E-state index contributed by atoms with van der Waals surface area (Å²) < 4.78 is 13.7. The SMILES string of the molecule is Fc1cccc2c(Nc3ccccc3Cl)ccnc12. The van der Waals surface area contributed by atoms with Crippen LogP contribution in [-0.2, 0) is 0 Å². The highest BCUT2D eigenvalue weighted by Crippen LogP contribution is 2.29. The fraction of sp³-hybridized carbons (Fsp3) is 0. The molecule has 0 bridgehead atoms. The average molecular weight is 273 g/mol. The lowest BCUT2D eigenvalue weighted by Gasteiger charge is -2.10. The lowest BCUT2D eigenvalue weighted by atomic mass is 10.1. The lowest BCUT2D eigenvalue weighted by Crippen LogP contribution is -1.94. The highest BCUT2D eigenvalue weighted by Gasteiger charge is 2.07. The molecule has 0 aliphatic rings. The second-order valence-electron chi connectivity index (χ2n) is 4.10. The molecule has 0 fully saturated rings. The number of halogens is 2. The van der Waals surface area contributed by atoms with Crippen LogP contribution < -0.4 is 5.32 Å². The third kappa shape index (κ3) is 2.25. The van der Waals surface area contributed by atoms with Gasteiger partial charge in [0.15, 0.2) is 0 Å². The first-order valence-electron chi connectivity index (χ1n) is 5.80. The van der Waals surface area contributed by atoms with Gasteiger partial charge in [0.05, 0.1) is 10.7 Å². The Balaban J connectivity index is 2.12. The smallest absolute Gasteiger partial charge is 0.149 e. The van der Waals surface area contributed by atoms with Gasteiger partial charge in [-0.3, -0.25) is 4.98 Å². The predicted molar refractivity (Wildman–Crippen MR) is 76.4 cm³/mol. The van der Waals surface area contributed by atoms with Gasteiger partial charge >= 0.3 is 0 Å². The van der Waals surface area contributed by atoms with Gasteiger partial charge in [-0.15, -0.1) is 0 Å². The molecule has 19 heavy (non-hydrogen) atoms. The van der Waals surface area contributed by atoms with E-state index in [-0.39, 0.29) is 5.82 Å². The summed E-state index contributed by atoms with van der Waals surface area (Å²) in [6.07, 6.45) is 1.57. The Morgan fingerprint density at radius 3 is 2.63 bits per heavy atom. The van der Waals surface area contributed by atoms with Gasteiger partial charge in [-0.25, -0.2) is 4.39 Å². The van der Waals surface area contributed by atoms with Gasteiger partial charge in [-0.2, -0.15) is 0 Å². The number of nitrogens with zero attached hydrogens (tertiary/aromatic N) is 1. The van der Waals surface area contributed by atoms with E-state index in [2.05, 4.69) is 10.3 Å². The van der Waals surface area contributed by atoms with Crippen LogP contribution in [0.1, 0.15) is 0 Å². The largest absolute Gasteiger partial charge is 0.354 e. The second kappa shape index (κ2) is 4.86. The molecule has 0 saturated heterocycles. The molecule has 2 aromatic carbocycles. The molecule has 0 spiro atoms. The van der Waals surface area contributed by atoms with Crippen molar-refractivity contribution in [2.24, 2.45) is 0 Å². The van der Waals surface area contributed by atoms with E-state index < -0.39 is 0 Å². The van der Waals surface area contributed by atoms with Crippen LogP contribution >= 0.6 is 11.6 Å². The molecule has 0 aliphatic heterocycles. The van der Waals surface area contributed by atoms with E-state index in [1.165, 1.54) is 6.07 Å². The Bertz CT molecular complexity index is 743. The van der Waals surface area contributed by atoms with Crippen LogP contribution in [0.15, 0.2) is 54.7 Å². The summed E-state index contributed by atoms with van der Waals surface area (Å²) in [5.41, 5.74) is 1.90. The van der Waals surface area contributed by atoms with Crippen molar-refractivity contribution in [3.05, 3.63) is 65.6 Å². The van der Waals surface area contributed by atoms with E-state index in [0.717, 1.165) is 16.8 Å². The molecule has 3 aromatic rings. The van der Waals surface area contributed by atoms with E-state index in [9.17, 15) is 4.39 Å². The minimum absolute atomic E-state index is 0.333. The van der Waals surface area contributed by atoms with Crippen LogP contribution in [-0.4, -0.2) is 4.98 Å². The number of pyridine rings is 1. The van der Waals surface area contributed by atoms with Crippen molar-refractivity contribution in [1.82, 2.24) is 4.98 Å². The van der Waals surface area contributed by atoms with Gasteiger partial charge in [0, 0.05) is 17.3 Å². The van der Waals surface area contributed by atoms with E-state index in [1.807, 2.05) is 24.3 Å². The number of hydrogen-bond donors (Lipinski definition) is 1. The van der Waals surface area contributed by atoms with E-state index >= 15 is 0 Å². The number of benzene rings is 2. The number of hydrogen-bond acceptors (Lipinski definition) is 2. The molecule has 94 valence electrons. The zero-order chi connectivity index (χ0) is 13.2. The number of anilines is 2. The standard InChI is InChI=1S/C15H10ClFN2/c16-11-5-1-2-7-14(11)19-13-8-9-18-15-10(13)4-3-6-12(15)17/h1-9H,(H,18,19). The zero-order valence-electron chi connectivity index (χ0n) is 9.90. The summed E-state index contributed by atoms with van der Waals surface area (Å²) in [5.74, 6) is -0.333. The molecule has 1 aromatic heterocycles. The Labute approximate surface area is 114 Å². The number of nitrogens with one attached hydrogen (secondary N) is 1. The summed E-state index contributed by atoms with van der Waals surface area (Å²) in [4.78, 5) is 4.06. The Morgan fingerprint density at radius 1 is 0.947 bits per heavy atom. The highest BCUT2D eigenvalue weighted by molar-refractivity contribution is 6.33. The molecule has 0 aliphatic carbocycles. The van der Waals surface area contributed by atoms with Crippen molar-refractivity contribution >= 4 is 33.9 Å². The Morgan fingerprint density at radius 2 is 1.79 bits per heavy atom. The van der Waals surface area contributed by atoms with Gasteiger partial charge in [-0.1, -0.05) is 35.9 Å².